The Morgan fingerprint density at radius 1 is 1.19 bits per heavy atom. The van der Waals surface area contributed by atoms with E-state index in [0.29, 0.717) is 39.9 Å². The Balaban J connectivity index is 2.61. The maximum Gasteiger partial charge on any atom is 0.229 e. The van der Waals surface area contributed by atoms with E-state index in [4.69, 9.17) is 21.1 Å². The van der Waals surface area contributed by atoms with E-state index in [1.165, 1.54) is 7.11 Å². The lowest BCUT2D eigenvalue weighted by atomic mass is 9.94. The number of aliphatic hydroxyl groups is 1. The third kappa shape index (κ3) is 4.93. The Labute approximate surface area is 165 Å². The van der Waals surface area contributed by atoms with E-state index in [1.807, 2.05) is 39.8 Å². The number of ether oxygens (including phenoxy) is 2. The van der Waals surface area contributed by atoms with Crippen LogP contribution in [0.1, 0.15) is 44.9 Å². The lowest BCUT2D eigenvalue weighted by molar-refractivity contribution is -0.123. The van der Waals surface area contributed by atoms with E-state index < -0.39 is 11.5 Å². The molecule has 0 aliphatic carbocycles. The maximum absolute atomic E-state index is 12.6. The molecule has 146 valence electrons. The van der Waals surface area contributed by atoms with E-state index in [2.05, 4.69) is 5.32 Å². The fourth-order valence-corrected chi connectivity index (χ4v) is 2.80. The number of halogens is 1. The molecular formula is C21H26ClNO4. The number of methoxy groups -OCH3 is 1. The molecule has 1 amide bonds. The van der Waals surface area contributed by atoms with Gasteiger partial charge in [0.2, 0.25) is 5.91 Å². The zero-order chi connectivity index (χ0) is 20.2. The fourth-order valence-electron chi connectivity index (χ4n) is 2.58. The van der Waals surface area contributed by atoms with Crippen molar-refractivity contribution in [2.24, 2.45) is 5.41 Å². The number of hydrogen-bond acceptors (Lipinski definition) is 4. The minimum atomic E-state index is -1.06. The molecule has 2 aromatic carbocycles. The van der Waals surface area contributed by atoms with Crippen LogP contribution >= 0.6 is 11.6 Å². The van der Waals surface area contributed by atoms with Crippen LogP contribution in [-0.2, 0) is 4.79 Å². The highest BCUT2D eigenvalue weighted by atomic mass is 35.5. The summed E-state index contributed by atoms with van der Waals surface area (Å²) in [5.74, 6) is 0.752. The van der Waals surface area contributed by atoms with Crippen molar-refractivity contribution in [3.63, 3.8) is 0 Å². The van der Waals surface area contributed by atoms with E-state index in [9.17, 15) is 9.90 Å². The Bertz CT molecular complexity index is 814. The number of carbonyl (C=O) groups excluding carboxylic acids is 1. The molecule has 6 heteroatoms. The molecule has 0 heterocycles. The van der Waals surface area contributed by atoms with Crippen molar-refractivity contribution in [2.45, 2.75) is 33.8 Å². The third-order valence-electron chi connectivity index (χ3n) is 4.05. The lowest BCUT2D eigenvalue weighted by Crippen LogP contribution is -2.28. The number of hydrogen-bond donors (Lipinski definition) is 2. The Kier molecular flexibility index (Phi) is 6.73. The zero-order valence-electron chi connectivity index (χ0n) is 16.3. The summed E-state index contributed by atoms with van der Waals surface area (Å²) < 4.78 is 11.0. The van der Waals surface area contributed by atoms with Crippen molar-refractivity contribution in [1.82, 2.24) is 0 Å². The zero-order valence-corrected chi connectivity index (χ0v) is 17.1. The van der Waals surface area contributed by atoms with Crippen LogP contribution in [0.3, 0.4) is 0 Å². The van der Waals surface area contributed by atoms with Gasteiger partial charge in [-0.3, -0.25) is 4.79 Å². The van der Waals surface area contributed by atoms with Crippen LogP contribution in [0.2, 0.25) is 5.02 Å². The fraction of sp³-hybridized carbons (Fsp3) is 0.381. The van der Waals surface area contributed by atoms with Gasteiger partial charge in [-0.05, 0) is 19.1 Å². The summed E-state index contributed by atoms with van der Waals surface area (Å²) >= 11 is 6.25. The monoisotopic (exact) mass is 391 g/mol. The number of benzene rings is 2. The molecular weight excluding hydrogens is 366 g/mol. The highest BCUT2D eigenvalue weighted by Crippen LogP contribution is 2.41. The smallest absolute Gasteiger partial charge is 0.229 e. The first-order chi connectivity index (χ1) is 12.7. The second-order valence-electron chi connectivity index (χ2n) is 7.15. The standard InChI is InChI=1S/C21H26ClNO4/c1-6-27-17-12-13(22)11-15(18(17)23-20(25)21(2,3)4)19(24)14-9-7-8-10-16(14)26-5/h7-12,19,24H,6H2,1-5H3,(H,23,25). The normalized spacial score (nSPS) is 12.4. The molecule has 1 atom stereocenters. The summed E-state index contributed by atoms with van der Waals surface area (Å²) in [4.78, 5) is 12.6. The number of nitrogens with one attached hydrogen (secondary N) is 1. The largest absolute Gasteiger partial charge is 0.496 e. The SMILES string of the molecule is CCOc1cc(Cl)cc(C(O)c2ccccc2OC)c1NC(=O)C(C)(C)C. The predicted octanol–water partition coefficient (Wildman–Crippen LogP) is 4.81. The first kappa shape index (κ1) is 21.1. The summed E-state index contributed by atoms with van der Waals surface area (Å²) in [5, 5.41) is 14.4. The van der Waals surface area contributed by atoms with Gasteiger partial charge in [-0.15, -0.1) is 0 Å². The lowest BCUT2D eigenvalue weighted by Gasteiger charge is -2.24. The minimum Gasteiger partial charge on any atom is -0.496 e. The number of aliphatic hydroxyl groups excluding tert-OH is 1. The first-order valence-electron chi connectivity index (χ1n) is 8.77. The summed E-state index contributed by atoms with van der Waals surface area (Å²) in [7, 11) is 1.54. The molecule has 0 spiro atoms. The van der Waals surface area contributed by atoms with Crippen LogP contribution in [0, 0.1) is 5.41 Å². The third-order valence-corrected chi connectivity index (χ3v) is 4.26. The van der Waals surface area contributed by atoms with Crippen molar-refractivity contribution in [3.05, 3.63) is 52.5 Å². The second-order valence-corrected chi connectivity index (χ2v) is 7.59. The molecule has 0 saturated carbocycles. The van der Waals surface area contributed by atoms with Gasteiger partial charge >= 0.3 is 0 Å². The molecule has 1 unspecified atom stereocenters. The Morgan fingerprint density at radius 2 is 1.85 bits per heavy atom. The average Bonchev–Trinajstić information content (AvgIpc) is 2.62. The Hall–Kier alpha value is -2.24. The van der Waals surface area contributed by atoms with E-state index >= 15 is 0 Å². The van der Waals surface area contributed by atoms with Gasteiger partial charge in [0.15, 0.2) is 0 Å². The van der Waals surface area contributed by atoms with Crippen molar-refractivity contribution < 1.29 is 19.4 Å². The van der Waals surface area contributed by atoms with Crippen molar-refractivity contribution in [3.8, 4) is 11.5 Å². The van der Waals surface area contributed by atoms with Gasteiger partial charge in [-0.1, -0.05) is 50.6 Å². The number of amides is 1. The number of anilines is 1. The number of carbonyl (C=O) groups is 1. The first-order valence-corrected chi connectivity index (χ1v) is 9.15. The van der Waals surface area contributed by atoms with Gasteiger partial charge in [0.25, 0.3) is 0 Å². The van der Waals surface area contributed by atoms with Crippen LogP contribution in [0.15, 0.2) is 36.4 Å². The van der Waals surface area contributed by atoms with Crippen molar-refractivity contribution >= 4 is 23.2 Å². The van der Waals surface area contributed by atoms with Crippen LogP contribution in [0.25, 0.3) is 0 Å². The molecule has 0 fully saturated rings. The van der Waals surface area contributed by atoms with Crippen LogP contribution in [0.4, 0.5) is 5.69 Å². The Morgan fingerprint density at radius 3 is 2.44 bits per heavy atom. The molecule has 2 rings (SSSR count). The van der Waals surface area contributed by atoms with Crippen LogP contribution in [0.5, 0.6) is 11.5 Å². The van der Waals surface area contributed by atoms with Gasteiger partial charge < -0.3 is 19.9 Å². The summed E-state index contributed by atoms with van der Waals surface area (Å²) in [6.45, 7) is 7.67. The van der Waals surface area contributed by atoms with Crippen molar-refractivity contribution in [2.75, 3.05) is 19.0 Å². The molecule has 0 aromatic heterocycles. The highest BCUT2D eigenvalue weighted by Gasteiger charge is 2.27. The quantitative estimate of drug-likeness (QED) is 0.741. The number of para-hydroxylation sites is 1. The van der Waals surface area contributed by atoms with Gasteiger partial charge in [0.1, 0.15) is 17.6 Å². The van der Waals surface area contributed by atoms with E-state index in [1.54, 1.807) is 24.3 Å². The predicted molar refractivity (Wildman–Crippen MR) is 108 cm³/mol. The summed E-state index contributed by atoms with van der Waals surface area (Å²) in [6.07, 6.45) is -1.06. The van der Waals surface area contributed by atoms with E-state index in [0.717, 1.165) is 0 Å². The van der Waals surface area contributed by atoms with Crippen LogP contribution in [-0.4, -0.2) is 24.7 Å². The summed E-state index contributed by atoms with van der Waals surface area (Å²) in [5.41, 5.74) is 0.791. The van der Waals surface area contributed by atoms with Gasteiger partial charge in [0, 0.05) is 27.6 Å². The average molecular weight is 392 g/mol. The molecule has 0 saturated heterocycles. The van der Waals surface area contributed by atoms with Gasteiger partial charge in [-0.2, -0.15) is 0 Å². The molecule has 0 aliphatic heterocycles. The highest BCUT2D eigenvalue weighted by molar-refractivity contribution is 6.31. The van der Waals surface area contributed by atoms with Crippen molar-refractivity contribution in [1.29, 1.82) is 0 Å². The molecule has 0 aliphatic rings. The number of rotatable bonds is 6. The maximum atomic E-state index is 12.6. The molecule has 2 N–H and O–H groups in total. The molecule has 0 bridgehead atoms. The summed E-state index contributed by atoms with van der Waals surface area (Å²) in [6, 6.07) is 10.4. The minimum absolute atomic E-state index is 0.195. The second kappa shape index (κ2) is 8.63. The van der Waals surface area contributed by atoms with Gasteiger partial charge in [-0.25, -0.2) is 0 Å². The molecule has 5 nitrogen and oxygen atoms in total. The van der Waals surface area contributed by atoms with E-state index in [-0.39, 0.29) is 5.91 Å². The molecule has 27 heavy (non-hydrogen) atoms. The van der Waals surface area contributed by atoms with Gasteiger partial charge in [0.05, 0.1) is 19.4 Å². The molecule has 0 radical (unpaired) electrons. The van der Waals surface area contributed by atoms with Crippen LogP contribution < -0.4 is 14.8 Å². The molecule has 2 aromatic rings. The topological polar surface area (TPSA) is 67.8 Å².